The summed E-state index contributed by atoms with van der Waals surface area (Å²) in [5.41, 5.74) is -0.314. The number of rotatable bonds is 3. The van der Waals surface area contributed by atoms with Gasteiger partial charge in [-0.05, 0) is 13.8 Å². The molecule has 0 fully saturated rings. The lowest BCUT2D eigenvalue weighted by molar-refractivity contribution is 0.365. The zero-order valence-corrected chi connectivity index (χ0v) is 6.56. The second kappa shape index (κ2) is 2.77. The predicted molar refractivity (Wildman–Crippen MR) is 40.0 cm³/mol. The lowest BCUT2D eigenvalue weighted by atomic mass is 10.1. The van der Waals surface area contributed by atoms with Crippen LogP contribution in [0.4, 0.5) is 0 Å². The van der Waals surface area contributed by atoms with Gasteiger partial charge < -0.3 is 4.57 Å². The van der Waals surface area contributed by atoms with Gasteiger partial charge in [0.15, 0.2) is 0 Å². The van der Waals surface area contributed by atoms with Crippen LogP contribution in [0.2, 0.25) is 0 Å². The fourth-order valence-electron chi connectivity index (χ4n) is 0.753. The number of nitroso groups, excluding NO2 is 1. The maximum absolute atomic E-state index is 10.0. The van der Waals surface area contributed by atoms with E-state index in [1.807, 2.05) is 13.8 Å². The molecular weight excluding hydrogens is 144 g/mol. The lowest BCUT2D eigenvalue weighted by Crippen LogP contribution is -2.28. The molecule has 11 heavy (non-hydrogen) atoms. The third-order valence-electron chi connectivity index (χ3n) is 1.57. The molecule has 0 aliphatic rings. The molecule has 0 N–H and O–H groups in total. The van der Waals surface area contributed by atoms with Crippen LogP contribution in [0.15, 0.2) is 17.8 Å². The number of hydrogen-bond donors (Lipinski definition) is 0. The first-order chi connectivity index (χ1) is 5.17. The van der Waals surface area contributed by atoms with Gasteiger partial charge in [-0.1, -0.05) is 5.18 Å². The van der Waals surface area contributed by atoms with E-state index in [0.717, 1.165) is 0 Å². The quantitative estimate of drug-likeness (QED) is 0.604. The molecule has 0 saturated heterocycles. The Morgan fingerprint density at radius 2 is 2.00 bits per heavy atom. The van der Waals surface area contributed by atoms with Crippen LogP contribution in [0, 0.1) is 4.91 Å². The standard InChI is InChI=1S/C6H10N4O/c1-6(2,3-9-11)10-4-7-8-5-10/h4-5H,3H2,1-2H3. The number of aromatic nitrogens is 3. The first-order valence-corrected chi connectivity index (χ1v) is 3.31. The third-order valence-corrected chi connectivity index (χ3v) is 1.57. The molecule has 1 aromatic heterocycles. The van der Waals surface area contributed by atoms with Crippen LogP contribution in [0.3, 0.4) is 0 Å². The minimum absolute atomic E-state index is 0.227. The molecule has 0 amide bonds. The fourth-order valence-corrected chi connectivity index (χ4v) is 0.753. The first kappa shape index (κ1) is 7.84. The van der Waals surface area contributed by atoms with Crippen LogP contribution >= 0.6 is 0 Å². The highest BCUT2D eigenvalue weighted by atomic mass is 16.3. The van der Waals surface area contributed by atoms with Crippen LogP contribution in [0.5, 0.6) is 0 Å². The van der Waals surface area contributed by atoms with Gasteiger partial charge in [-0.3, -0.25) is 0 Å². The third kappa shape index (κ3) is 1.60. The van der Waals surface area contributed by atoms with Crippen LogP contribution in [-0.4, -0.2) is 21.3 Å². The molecule has 0 bridgehead atoms. The van der Waals surface area contributed by atoms with E-state index in [2.05, 4.69) is 15.4 Å². The Kier molecular flexibility index (Phi) is 1.98. The van der Waals surface area contributed by atoms with Crippen molar-refractivity contribution in [3.05, 3.63) is 17.6 Å². The van der Waals surface area contributed by atoms with E-state index >= 15 is 0 Å². The molecule has 1 aromatic rings. The van der Waals surface area contributed by atoms with E-state index in [0.29, 0.717) is 0 Å². The largest absolute Gasteiger partial charge is 0.313 e. The van der Waals surface area contributed by atoms with Crippen molar-refractivity contribution in [2.75, 3.05) is 6.54 Å². The highest BCUT2D eigenvalue weighted by Gasteiger charge is 2.19. The molecule has 0 aliphatic carbocycles. The molecule has 0 radical (unpaired) electrons. The zero-order chi connectivity index (χ0) is 8.32. The summed E-state index contributed by atoms with van der Waals surface area (Å²) < 4.78 is 1.76. The molecule has 0 unspecified atom stereocenters. The Balaban J connectivity index is 2.81. The summed E-state index contributed by atoms with van der Waals surface area (Å²) in [4.78, 5) is 10.0. The molecule has 1 heterocycles. The van der Waals surface area contributed by atoms with Crippen molar-refractivity contribution in [2.24, 2.45) is 5.18 Å². The second-order valence-electron chi connectivity index (χ2n) is 2.97. The SMILES string of the molecule is CC(C)(CN=O)n1cnnc1. The Morgan fingerprint density at radius 1 is 1.45 bits per heavy atom. The summed E-state index contributed by atoms with van der Waals surface area (Å²) >= 11 is 0. The number of nitrogens with zero attached hydrogens (tertiary/aromatic N) is 4. The molecule has 5 nitrogen and oxygen atoms in total. The molecule has 1 rings (SSSR count). The highest BCUT2D eigenvalue weighted by Crippen LogP contribution is 2.13. The van der Waals surface area contributed by atoms with E-state index in [4.69, 9.17) is 0 Å². The Bertz CT molecular complexity index is 229. The number of hydrogen-bond acceptors (Lipinski definition) is 4. The summed E-state index contributed by atoms with van der Waals surface area (Å²) in [6.45, 7) is 4.03. The van der Waals surface area contributed by atoms with Crippen molar-refractivity contribution >= 4 is 0 Å². The Morgan fingerprint density at radius 3 is 2.45 bits per heavy atom. The van der Waals surface area contributed by atoms with Gasteiger partial charge >= 0.3 is 0 Å². The summed E-state index contributed by atoms with van der Waals surface area (Å²) in [6, 6.07) is 0. The van der Waals surface area contributed by atoms with E-state index < -0.39 is 0 Å². The minimum Gasteiger partial charge on any atom is -0.313 e. The smallest absolute Gasteiger partial charge is 0.119 e. The van der Waals surface area contributed by atoms with Crippen molar-refractivity contribution in [1.29, 1.82) is 0 Å². The van der Waals surface area contributed by atoms with E-state index in [1.54, 1.807) is 17.2 Å². The average Bonchev–Trinajstić information content (AvgIpc) is 2.37. The highest BCUT2D eigenvalue weighted by molar-refractivity contribution is 4.81. The molecular formula is C6H10N4O. The van der Waals surface area contributed by atoms with Gasteiger partial charge in [-0.2, -0.15) is 4.91 Å². The summed E-state index contributed by atoms with van der Waals surface area (Å²) in [6.07, 6.45) is 3.15. The van der Waals surface area contributed by atoms with Crippen molar-refractivity contribution < 1.29 is 0 Å². The Hall–Kier alpha value is -1.26. The van der Waals surface area contributed by atoms with Crippen molar-refractivity contribution in [3.8, 4) is 0 Å². The van der Waals surface area contributed by atoms with Crippen LogP contribution in [0.25, 0.3) is 0 Å². The minimum atomic E-state index is -0.314. The van der Waals surface area contributed by atoms with E-state index in [1.165, 1.54) is 0 Å². The maximum atomic E-state index is 10.0. The van der Waals surface area contributed by atoms with Gasteiger partial charge in [0.05, 0.1) is 5.54 Å². The molecule has 0 atom stereocenters. The normalized spacial score (nSPS) is 11.5. The summed E-state index contributed by atoms with van der Waals surface area (Å²) in [5, 5.41) is 10.1. The van der Waals surface area contributed by atoms with Gasteiger partial charge in [-0.15, -0.1) is 10.2 Å². The van der Waals surface area contributed by atoms with Gasteiger partial charge in [-0.25, -0.2) is 0 Å². The Labute approximate surface area is 64.4 Å². The van der Waals surface area contributed by atoms with E-state index in [9.17, 15) is 4.91 Å². The summed E-state index contributed by atoms with van der Waals surface area (Å²) in [5.74, 6) is 0. The molecule has 0 spiro atoms. The van der Waals surface area contributed by atoms with Gasteiger partial charge in [0.1, 0.15) is 19.2 Å². The van der Waals surface area contributed by atoms with Gasteiger partial charge in [0, 0.05) is 0 Å². The average molecular weight is 154 g/mol. The van der Waals surface area contributed by atoms with Crippen molar-refractivity contribution in [2.45, 2.75) is 19.4 Å². The molecule has 5 heteroatoms. The van der Waals surface area contributed by atoms with Crippen LogP contribution in [0.1, 0.15) is 13.8 Å². The molecule has 0 aromatic carbocycles. The van der Waals surface area contributed by atoms with Crippen LogP contribution in [-0.2, 0) is 5.54 Å². The molecule has 60 valence electrons. The van der Waals surface area contributed by atoms with Gasteiger partial charge in [0.25, 0.3) is 0 Å². The summed E-state index contributed by atoms with van der Waals surface area (Å²) in [7, 11) is 0. The second-order valence-corrected chi connectivity index (χ2v) is 2.97. The zero-order valence-electron chi connectivity index (χ0n) is 6.56. The monoisotopic (exact) mass is 154 g/mol. The topological polar surface area (TPSA) is 60.1 Å². The molecule has 0 saturated carbocycles. The fraction of sp³-hybridized carbons (Fsp3) is 0.667. The first-order valence-electron chi connectivity index (χ1n) is 3.31. The van der Waals surface area contributed by atoms with Crippen molar-refractivity contribution in [3.63, 3.8) is 0 Å². The maximum Gasteiger partial charge on any atom is 0.119 e. The van der Waals surface area contributed by atoms with Gasteiger partial charge in [0.2, 0.25) is 0 Å². The predicted octanol–water partition coefficient (Wildman–Crippen LogP) is 0.780. The lowest BCUT2D eigenvalue weighted by Gasteiger charge is -2.21. The van der Waals surface area contributed by atoms with E-state index in [-0.39, 0.29) is 12.1 Å². The van der Waals surface area contributed by atoms with Crippen molar-refractivity contribution in [1.82, 2.24) is 14.8 Å². The molecule has 0 aliphatic heterocycles. The van der Waals surface area contributed by atoms with Crippen LogP contribution < -0.4 is 0 Å².